The summed E-state index contributed by atoms with van der Waals surface area (Å²) in [6.45, 7) is 1.93. The lowest BCUT2D eigenvalue weighted by Crippen LogP contribution is -2.14. The van der Waals surface area contributed by atoms with Gasteiger partial charge in [0.25, 0.3) is 0 Å². The van der Waals surface area contributed by atoms with Crippen LogP contribution in [0.1, 0.15) is 28.4 Å². The van der Waals surface area contributed by atoms with Crippen LogP contribution in [0.2, 0.25) is 0 Å². The molecule has 0 radical (unpaired) electrons. The van der Waals surface area contributed by atoms with E-state index in [1.165, 1.54) is 0 Å². The SMILES string of the molecule is CC1Cc2ccc(CC(N)=O)cc2C1=O. The average Bonchev–Trinajstić information content (AvgIpc) is 2.43. The third-order valence-corrected chi connectivity index (χ3v) is 2.79. The van der Waals surface area contributed by atoms with Crippen LogP contribution in [0.5, 0.6) is 0 Å². The molecule has 3 heteroatoms. The maximum absolute atomic E-state index is 11.7. The van der Waals surface area contributed by atoms with Crippen LogP contribution in [-0.4, -0.2) is 11.7 Å². The Balaban J connectivity index is 2.35. The lowest BCUT2D eigenvalue weighted by Gasteiger charge is -2.01. The molecule has 1 atom stereocenters. The van der Waals surface area contributed by atoms with Crippen molar-refractivity contribution in [1.82, 2.24) is 0 Å². The summed E-state index contributed by atoms with van der Waals surface area (Å²) in [6.07, 6.45) is 1.01. The minimum atomic E-state index is -0.367. The first-order valence-corrected chi connectivity index (χ1v) is 5.02. The number of Topliss-reactive ketones (excluding diaryl/α,β-unsaturated/α-hetero) is 1. The van der Waals surface area contributed by atoms with Crippen LogP contribution in [0.15, 0.2) is 18.2 Å². The summed E-state index contributed by atoms with van der Waals surface area (Å²) in [4.78, 5) is 22.5. The fraction of sp³-hybridized carbons (Fsp3) is 0.333. The second-order valence-electron chi connectivity index (χ2n) is 4.10. The number of primary amides is 1. The van der Waals surface area contributed by atoms with Crippen molar-refractivity contribution in [2.45, 2.75) is 19.8 Å². The molecule has 0 saturated carbocycles. The number of ketones is 1. The van der Waals surface area contributed by atoms with Gasteiger partial charge in [0.05, 0.1) is 6.42 Å². The van der Waals surface area contributed by atoms with Crippen molar-refractivity contribution in [3.8, 4) is 0 Å². The molecule has 1 aromatic carbocycles. The van der Waals surface area contributed by atoms with Crippen molar-refractivity contribution < 1.29 is 9.59 Å². The molecule has 2 N–H and O–H groups in total. The molecule has 15 heavy (non-hydrogen) atoms. The molecule has 0 spiro atoms. The molecule has 0 fully saturated rings. The topological polar surface area (TPSA) is 60.2 Å². The van der Waals surface area contributed by atoms with Gasteiger partial charge in [-0.05, 0) is 23.6 Å². The van der Waals surface area contributed by atoms with Gasteiger partial charge in [-0.2, -0.15) is 0 Å². The van der Waals surface area contributed by atoms with E-state index in [2.05, 4.69) is 0 Å². The summed E-state index contributed by atoms with van der Waals surface area (Å²) in [7, 11) is 0. The van der Waals surface area contributed by atoms with Gasteiger partial charge in [0.15, 0.2) is 5.78 Å². The van der Waals surface area contributed by atoms with Crippen molar-refractivity contribution in [3.63, 3.8) is 0 Å². The largest absolute Gasteiger partial charge is 0.369 e. The van der Waals surface area contributed by atoms with E-state index in [9.17, 15) is 9.59 Å². The Morgan fingerprint density at radius 1 is 1.53 bits per heavy atom. The Bertz CT molecular complexity index is 437. The third-order valence-electron chi connectivity index (χ3n) is 2.79. The van der Waals surface area contributed by atoms with Gasteiger partial charge < -0.3 is 5.73 Å². The highest BCUT2D eigenvalue weighted by atomic mass is 16.1. The molecular weight excluding hydrogens is 190 g/mol. The van der Waals surface area contributed by atoms with Crippen molar-refractivity contribution >= 4 is 11.7 Å². The van der Waals surface area contributed by atoms with Crippen molar-refractivity contribution in [3.05, 3.63) is 34.9 Å². The van der Waals surface area contributed by atoms with Gasteiger partial charge >= 0.3 is 0 Å². The van der Waals surface area contributed by atoms with Gasteiger partial charge in [0, 0.05) is 11.5 Å². The standard InChI is InChI=1S/C12H13NO2/c1-7-4-9-3-2-8(6-11(13)14)5-10(9)12(7)15/h2-3,5,7H,4,6H2,1H3,(H2,13,14). The minimum absolute atomic E-state index is 0.0730. The second kappa shape index (κ2) is 3.50. The number of carbonyl (C=O) groups is 2. The van der Waals surface area contributed by atoms with E-state index in [1.54, 1.807) is 6.07 Å². The number of fused-ring (bicyclic) bond motifs is 1. The highest BCUT2D eigenvalue weighted by molar-refractivity contribution is 6.02. The molecule has 0 saturated heterocycles. The Morgan fingerprint density at radius 3 is 2.93 bits per heavy atom. The van der Waals surface area contributed by atoms with Gasteiger partial charge in [-0.3, -0.25) is 9.59 Å². The van der Waals surface area contributed by atoms with Crippen molar-refractivity contribution in [2.24, 2.45) is 11.7 Å². The number of carbonyl (C=O) groups excluding carboxylic acids is 2. The predicted molar refractivity (Wildman–Crippen MR) is 56.5 cm³/mol. The number of benzene rings is 1. The molecule has 1 aliphatic rings. The normalized spacial score (nSPS) is 19.0. The minimum Gasteiger partial charge on any atom is -0.369 e. The maximum atomic E-state index is 11.7. The molecule has 1 aromatic rings. The summed E-state index contributed by atoms with van der Waals surface area (Å²) in [6, 6.07) is 5.59. The molecule has 2 rings (SSSR count). The first-order valence-electron chi connectivity index (χ1n) is 5.02. The summed E-state index contributed by atoms with van der Waals surface area (Å²) in [5, 5.41) is 0. The molecule has 0 aromatic heterocycles. The quantitative estimate of drug-likeness (QED) is 0.782. The van der Waals surface area contributed by atoms with Crippen molar-refractivity contribution in [2.75, 3.05) is 0 Å². The lowest BCUT2D eigenvalue weighted by molar-refractivity contribution is -0.117. The third kappa shape index (κ3) is 1.77. The highest BCUT2D eigenvalue weighted by Crippen LogP contribution is 2.27. The van der Waals surface area contributed by atoms with Gasteiger partial charge in [-0.25, -0.2) is 0 Å². The van der Waals surface area contributed by atoms with Gasteiger partial charge in [0.1, 0.15) is 0 Å². The summed E-state index contributed by atoms with van der Waals surface area (Å²) < 4.78 is 0. The van der Waals surface area contributed by atoms with Gasteiger partial charge in [-0.15, -0.1) is 0 Å². The summed E-state index contributed by atoms with van der Waals surface area (Å²) in [5.41, 5.74) is 7.78. The Kier molecular flexibility index (Phi) is 2.31. The smallest absolute Gasteiger partial charge is 0.221 e. The van der Waals surface area contributed by atoms with Crippen molar-refractivity contribution in [1.29, 1.82) is 0 Å². The van der Waals surface area contributed by atoms with Crippen LogP contribution < -0.4 is 5.73 Å². The van der Waals surface area contributed by atoms with Gasteiger partial charge in [-0.1, -0.05) is 19.1 Å². The predicted octanol–water partition coefficient (Wildman–Crippen LogP) is 1.09. The maximum Gasteiger partial charge on any atom is 0.221 e. The van der Waals surface area contributed by atoms with E-state index in [1.807, 2.05) is 19.1 Å². The molecule has 1 unspecified atom stereocenters. The molecule has 3 nitrogen and oxygen atoms in total. The zero-order valence-electron chi connectivity index (χ0n) is 8.62. The summed E-state index contributed by atoms with van der Waals surface area (Å²) >= 11 is 0. The Hall–Kier alpha value is -1.64. The lowest BCUT2D eigenvalue weighted by atomic mass is 10.0. The fourth-order valence-corrected chi connectivity index (χ4v) is 2.03. The number of nitrogens with two attached hydrogens (primary N) is 1. The molecular formula is C12H13NO2. The van der Waals surface area contributed by atoms with E-state index in [-0.39, 0.29) is 24.0 Å². The molecule has 0 aliphatic heterocycles. The van der Waals surface area contributed by atoms with E-state index >= 15 is 0 Å². The second-order valence-corrected chi connectivity index (χ2v) is 4.10. The highest BCUT2D eigenvalue weighted by Gasteiger charge is 2.26. The average molecular weight is 203 g/mol. The fourth-order valence-electron chi connectivity index (χ4n) is 2.03. The van der Waals surface area contributed by atoms with E-state index in [0.717, 1.165) is 23.1 Å². The Labute approximate surface area is 88.3 Å². The molecule has 1 amide bonds. The van der Waals surface area contributed by atoms with Crippen LogP contribution in [0, 0.1) is 5.92 Å². The zero-order valence-corrected chi connectivity index (χ0v) is 8.62. The van der Waals surface area contributed by atoms with Crippen LogP contribution in [0.4, 0.5) is 0 Å². The molecule has 0 bridgehead atoms. The van der Waals surface area contributed by atoms with E-state index in [0.29, 0.717) is 0 Å². The number of amides is 1. The number of hydrogen-bond donors (Lipinski definition) is 1. The van der Waals surface area contributed by atoms with E-state index in [4.69, 9.17) is 5.73 Å². The first-order chi connectivity index (χ1) is 7.08. The van der Waals surface area contributed by atoms with E-state index < -0.39 is 0 Å². The monoisotopic (exact) mass is 203 g/mol. The number of rotatable bonds is 2. The van der Waals surface area contributed by atoms with Crippen LogP contribution in [0.3, 0.4) is 0 Å². The molecule has 1 aliphatic carbocycles. The first kappa shape index (κ1) is 9.90. The Morgan fingerprint density at radius 2 is 2.27 bits per heavy atom. The van der Waals surface area contributed by atoms with Crippen LogP contribution >= 0.6 is 0 Å². The summed E-state index contributed by atoms with van der Waals surface area (Å²) in [5.74, 6) is -0.117. The number of hydrogen-bond acceptors (Lipinski definition) is 2. The molecule has 78 valence electrons. The van der Waals surface area contributed by atoms with Crippen LogP contribution in [-0.2, 0) is 17.6 Å². The zero-order chi connectivity index (χ0) is 11.0. The molecule has 0 heterocycles. The van der Waals surface area contributed by atoms with Gasteiger partial charge in [0.2, 0.25) is 5.91 Å². The van der Waals surface area contributed by atoms with Crippen LogP contribution in [0.25, 0.3) is 0 Å².